The van der Waals surface area contributed by atoms with Crippen LogP contribution < -0.4 is 19.5 Å². The molecule has 0 radical (unpaired) electrons. The van der Waals surface area contributed by atoms with Crippen LogP contribution in [0.3, 0.4) is 0 Å². The van der Waals surface area contributed by atoms with Crippen LogP contribution in [0.15, 0.2) is 60.7 Å². The number of methoxy groups -OCH3 is 2. The Bertz CT molecular complexity index is 1510. The van der Waals surface area contributed by atoms with Gasteiger partial charge in [-0.15, -0.1) is 0 Å². The van der Waals surface area contributed by atoms with E-state index in [0.29, 0.717) is 12.6 Å². The number of aryl methyl sites for hydroxylation is 1. The molecule has 1 heterocycles. The summed E-state index contributed by atoms with van der Waals surface area (Å²) in [7, 11) is 3.34. The highest BCUT2D eigenvalue weighted by atomic mass is 16.6. The number of nitrogens with zero attached hydrogens (tertiary/aromatic N) is 1. The van der Waals surface area contributed by atoms with Gasteiger partial charge in [0.15, 0.2) is 0 Å². The number of ether oxygens (including phenoxy) is 3. The number of hydrogen-bond acceptors (Lipinski definition) is 6. The first kappa shape index (κ1) is 25.5. The number of fused-ring (bicyclic) bond motifs is 2. The lowest BCUT2D eigenvalue weighted by atomic mass is 9.85. The van der Waals surface area contributed by atoms with Crippen LogP contribution in [-0.2, 0) is 13.0 Å². The molecule has 0 bridgehead atoms. The molecule has 0 amide bonds. The van der Waals surface area contributed by atoms with Gasteiger partial charge in [-0.25, -0.2) is 0 Å². The molecule has 1 aliphatic heterocycles. The molecule has 0 fully saturated rings. The topological polar surface area (TPSA) is 82.9 Å². The Labute approximate surface area is 222 Å². The Balaban J connectivity index is 1.70. The smallest absolute Gasteiger partial charge is 0.269 e. The van der Waals surface area contributed by atoms with E-state index in [2.05, 4.69) is 44.3 Å². The van der Waals surface area contributed by atoms with Crippen LogP contribution in [0.25, 0.3) is 21.9 Å². The average Bonchev–Trinajstić information content (AvgIpc) is 2.91. The van der Waals surface area contributed by atoms with Gasteiger partial charge in [-0.1, -0.05) is 24.3 Å². The summed E-state index contributed by atoms with van der Waals surface area (Å²) in [6.07, 6.45) is 0.907. The molecule has 4 aromatic rings. The molecule has 0 aliphatic carbocycles. The molecular formula is C31H32N2O5. The standard InChI is InChI=1S/C31H32N2O5/c1-18-15-27(37-5)30-24(7-6-8-26(30)36-4)28(18)25-14-11-22-16-19(2)32-20(3)29(22)31(25)38-17-21-9-12-23(13-10-21)33(34)35/h6-15,19-20,32H,16-17H2,1-5H3/t19-,20-/m1/s1. The van der Waals surface area contributed by atoms with Gasteiger partial charge >= 0.3 is 0 Å². The normalized spacial score (nSPS) is 16.7. The quantitative estimate of drug-likeness (QED) is 0.214. The van der Waals surface area contributed by atoms with Crippen molar-refractivity contribution in [1.29, 1.82) is 0 Å². The lowest BCUT2D eigenvalue weighted by Gasteiger charge is -2.32. The second kappa shape index (κ2) is 10.3. The minimum atomic E-state index is -0.392. The number of nitrogens with one attached hydrogen (secondary N) is 1. The fraction of sp³-hybridized carbons (Fsp3) is 0.290. The van der Waals surface area contributed by atoms with Gasteiger partial charge in [0.2, 0.25) is 0 Å². The van der Waals surface area contributed by atoms with Crippen LogP contribution in [0.4, 0.5) is 5.69 Å². The van der Waals surface area contributed by atoms with Gasteiger partial charge in [0, 0.05) is 35.3 Å². The summed E-state index contributed by atoms with van der Waals surface area (Å²) < 4.78 is 18.1. The number of nitro benzene ring substituents is 1. The van der Waals surface area contributed by atoms with Crippen molar-refractivity contribution in [2.45, 2.75) is 45.9 Å². The highest BCUT2D eigenvalue weighted by molar-refractivity contribution is 6.06. The van der Waals surface area contributed by atoms with E-state index in [9.17, 15) is 10.1 Å². The van der Waals surface area contributed by atoms with Crippen molar-refractivity contribution in [2.24, 2.45) is 0 Å². The minimum absolute atomic E-state index is 0.0626. The van der Waals surface area contributed by atoms with Crippen LogP contribution in [0, 0.1) is 17.0 Å². The molecule has 7 nitrogen and oxygen atoms in total. The zero-order valence-electron chi connectivity index (χ0n) is 22.3. The average molecular weight is 513 g/mol. The molecule has 2 atom stereocenters. The van der Waals surface area contributed by atoms with E-state index in [0.717, 1.165) is 62.3 Å². The zero-order chi connectivity index (χ0) is 27.0. The molecule has 5 rings (SSSR count). The van der Waals surface area contributed by atoms with Crippen LogP contribution >= 0.6 is 0 Å². The molecular weight excluding hydrogens is 480 g/mol. The van der Waals surface area contributed by atoms with Crippen molar-refractivity contribution in [3.05, 3.63) is 93.0 Å². The number of benzene rings is 4. The van der Waals surface area contributed by atoms with E-state index in [4.69, 9.17) is 14.2 Å². The maximum Gasteiger partial charge on any atom is 0.269 e. The summed E-state index contributed by atoms with van der Waals surface area (Å²) in [6, 6.07) is 19.4. The van der Waals surface area contributed by atoms with Crippen LogP contribution in [0.5, 0.6) is 17.2 Å². The van der Waals surface area contributed by atoms with Crippen molar-refractivity contribution >= 4 is 16.5 Å². The fourth-order valence-corrected chi connectivity index (χ4v) is 5.65. The number of rotatable bonds is 7. The maximum atomic E-state index is 11.1. The molecule has 0 aromatic heterocycles. The third-order valence-electron chi connectivity index (χ3n) is 7.30. The van der Waals surface area contributed by atoms with Crippen LogP contribution in [0.1, 0.15) is 42.1 Å². The van der Waals surface area contributed by atoms with E-state index in [-0.39, 0.29) is 11.7 Å². The van der Waals surface area contributed by atoms with Gasteiger partial charge in [-0.2, -0.15) is 0 Å². The Morgan fingerprint density at radius 1 is 1.00 bits per heavy atom. The molecule has 0 saturated heterocycles. The highest BCUT2D eigenvalue weighted by Gasteiger charge is 2.28. The first-order chi connectivity index (χ1) is 18.3. The largest absolute Gasteiger partial charge is 0.496 e. The fourth-order valence-electron chi connectivity index (χ4n) is 5.65. The first-order valence-electron chi connectivity index (χ1n) is 12.7. The second-order valence-electron chi connectivity index (χ2n) is 9.87. The van der Waals surface area contributed by atoms with Gasteiger partial charge in [-0.3, -0.25) is 10.1 Å². The van der Waals surface area contributed by atoms with Crippen molar-refractivity contribution in [2.75, 3.05) is 14.2 Å². The van der Waals surface area contributed by atoms with Crippen molar-refractivity contribution in [3.63, 3.8) is 0 Å². The highest BCUT2D eigenvalue weighted by Crippen LogP contribution is 2.47. The molecule has 0 unspecified atom stereocenters. The van der Waals surface area contributed by atoms with Gasteiger partial charge in [-0.05, 0) is 79.1 Å². The summed E-state index contributed by atoms with van der Waals surface area (Å²) >= 11 is 0. The summed E-state index contributed by atoms with van der Waals surface area (Å²) in [6.45, 7) is 6.73. The van der Waals surface area contributed by atoms with Crippen LogP contribution in [-0.4, -0.2) is 25.2 Å². The SMILES string of the molecule is COc1cccc2c(-c3ccc4c(c3OCc3ccc([N+](=O)[O-])cc3)[C@@H](C)N[C@H](C)C4)c(C)cc(OC)c12. The van der Waals surface area contributed by atoms with Gasteiger partial charge in [0.25, 0.3) is 5.69 Å². The molecule has 0 spiro atoms. The van der Waals surface area contributed by atoms with Gasteiger partial charge < -0.3 is 19.5 Å². The molecule has 4 aromatic carbocycles. The number of hydrogen-bond donors (Lipinski definition) is 1. The van der Waals surface area contributed by atoms with Gasteiger partial charge in [0.1, 0.15) is 23.9 Å². The lowest BCUT2D eigenvalue weighted by molar-refractivity contribution is -0.384. The predicted molar refractivity (Wildman–Crippen MR) is 149 cm³/mol. The maximum absolute atomic E-state index is 11.1. The predicted octanol–water partition coefficient (Wildman–Crippen LogP) is 6.91. The van der Waals surface area contributed by atoms with E-state index < -0.39 is 4.92 Å². The first-order valence-corrected chi connectivity index (χ1v) is 12.7. The van der Waals surface area contributed by atoms with E-state index >= 15 is 0 Å². The van der Waals surface area contributed by atoms with Crippen molar-refractivity contribution in [3.8, 4) is 28.4 Å². The Hall–Kier alpha value is -4.10. The lowest BCUT2D eigenvalue weighted by Crippen LogP contribution is -2.36. The Kier molecular flexibility index (Phi) is 6.95. The minimum Gasteiger partial charge on any atom is -0.496 e. The van der Waals surface area contributed by atoms with Gasteiger partial charge in [0.05, 0.1) is 24.5 Å². The molecule has 0 saturated carbocycles. The molecule has 7 heteroatoms. The molecule has 38 heavy (non-hydrogen) atoms. The summed E-state index contributed by atoms with van der Waals surface area (Å²) in [5.41, 5.74) is 6.45. The summed E-state index contributed by atoms with van der Waals surface area (Å²) in [4.78, 5) is 10.7. The van der Waals surface area contributed by atoms with Crippen molar-refractivity contribution in [1.82, 2.24) is 5.32 Å². The summed E-state index contributed by atoms with van der Waals surface area (Å²) in [5, 5.41) is 16.7. The van der Waals surface area contributed by atoms with Crippen LogP contribution in [0.2, 0.25) is 0 Å². The van der Waals surface area contributed by atoms with E-state index in [1.807, 2.05) is 18.2 Å². The Morgan fingerprint density at radius 3 is 2.42 bits per heavy atom. The third-order valence-corrected chi connectivity index (χ3v) is 7.30. The van der Waals surface area contributed by atoms with E-state index in [1.165, 1.54) is 17.7 Å². The molecule has 1 aliphatic rings. The number of nitro groups is 1. The monoisotopic (exact) mass is 512 g/mol. The Morgan fingerprint density at radius 2 is 1.74 bits per heavy atom. The third kappa shape index (κ3) is 4.54. The number of non-ortho nitro benzene ring substituents is 1. The molecule has 196 valence electrons. The zero-order valence-corrected chi connectivity index (χ0v) is 22.3. The van der Waals surface area contributed by atoms with E-state index in [1.54, 1.807) is 26.4 Å². The molecule has 1 N–H and O–H groups in total. The van der Waals surface area contributed by atoms with Crippen molar-refractivity contribution < 1.29 is 19.1 Å². The second-order valence-corrected chi connectivity index (χ2v) is 9.87. The summed E-state index contributed by atoms with van der Waals surface area (Å²) in [5.74, 6) is 2.33.